The summed E-state index contributed by atoms with van der Waals surface area (Å²) < 4.78 is 38.6. The number of alkyl halides is 3. The standard InChI is InChI=1S/C14H22F3N/c15-14(16,17)13(9-10-13)18-11-3-7-12(8-4-11)5-1-2-6-12/h11,18H,1-10H2. The van der Waals surface area contributed by atoms with E-state index in [9.17, 15) is 13.2 Å². The van der Waals surface area contributed by atoms with E-state index < -0.39 is 11.7 Å². The highest BCUT2D eigenvalue weighted by molar-refractivity contribution is 5.09. The van der Waals surface area contributed by atoms with Crippen LogP contribution in [0.5, 0.6) is 0 Å². The van der Waals surface area contributed by atoms with Crippen LogP contribution in [0.15, 0.2) is 0 Å². The molecule has 104 valence electrons. The monoisotopic (exact) mass is 261 g/mol. The highest BCUT2D eigenvalue weighted by Gasteiger charge is 2.63. The molecule has 1 N–H and O–H groups in total. The molecule has 3 rings (SSSR count). The predicted molar refractivity (Wildman–Crippen MR) is 64.3 cm³/mol. The van der Waals surface area contributed by atoms with Crippen molar-refractivity contribution in [3.63, 3.8) is 0 Å². The third kappa shape index (κ3) is 2.17. The van der Waals surface area contributed by atoms with E-state index in [-0.39, 0.29) is 18.9 Å². The average Bonchev–Trinajstić information content (AvgIpc) is 2.97. The highest BCUT2D eigenvalue weighted by Crippen LogP contribution is 2.52. The maximum Gasteiger partial charge on any atom is 0.406 e. The molecule has 3 fully saturated rings. The molecule has 0 radical (unpaired) electrons. The molecule has 1 spiro atoms. The Morgan fingerprint density at radius 3 is 1.83 bits per heavy atom. The summed E-state index contributed by atoms with van der Waals surface area (Å²) in [7, 11) is 0. The SMILES string of the molecule is FC(F)(F)C1(NC2CCC3(CCCC3)CC2)CC1. The molecule has 1 nitrogen and oxygen atoms in total. The maximum absolute atomic E-state index is 12.9. The summed E-state index contributed by atoms with van der Waals surface area (Å²) in [6.45, 7) is 0. The molecule has 0 aromatic heterocycles. The second kappa shape index (κ2) is 4.12. The molecule has 4 heteroatoms. The van der Waals surface area contributed by atoms with Crippen molar-refractivity contribution >= 4 is 0 Å². The summed E-state index contributed by atoms with van der Waals surface area (Å²) in [5.74, 6) is 0. The van der Waals surface area contributed by atoms with Crippen LogP contribution in [-0.2, 0) is 0 Å². The molecular weight excluding hydrogens is 239 g/mol. The quantitative estimate of drug-likeness (QED) is 0.786. The van der Waals surface area contributed by atoms with Crippen LogP contribution in [0.25, 0.3) is 0 Å². The Hall–Kier alpha value is -0.250. The van der Waals surface area contributed by atoms with Crippen molar-refractivity contribution in [2.75, 3.05) is 0 Å². The summed E-state index contributed by atoms with van der Waals surface area (Å²) in [6, 6.07) is 0.0975. The van der Waals surface area contributed by atoms with E-state index in [4.69, 9.17) is 0 Å². The summed E-state index contributed by atoms with van der Waals surface area (Å²) >= 11 is 0. The van der Waals surface area contributed by atoms with Gasteiger partial charge in [-0.25, -0.2) is 0 Å². The Kier molecular flexibility index (Phi) is 2.92. The van der Waals surface area contributed by atoms with Crippen molar-refractivity contribution in [2.45, 2.75) is 82.0 Å². The van der Waals surface area contributed by atoms with Gasteiger partial charge < -0.3 is 5.32 Å². The van der Waals surface area contributed by atoms with Gasteiger partial charge in [0.25, 0.3) is 0 Å². The maximum atomic E-state index is 12.9. The van der Waals surface area contributed by atoms with Gasteiger partial charge in [-0.15, -0.1) is 0 Å². The fourth-order valence-corrected chi connectivity index (χ4v) is 4.02. The van der Waals surface area contributed by atoms with Crippen molar-refractivity contribution in [1.29, 1.82) is 0 Å². The van der Waals surface area contributed by atoms with Gasteiger partial charge in [0.15, 0.2) is 0 Å². The zero-order chi connectivity index (χ0) is 12.9. The van der Waals surface area contributed by atoms with E-state index in [0.29, 0.717) is 5.41 Å². The van der Waals surface area contributed by atoms with Crippen molar-refractivity contribution in [1.82, 2.24) is 5.32 Å². The van der Waals surface area contributed by atoms with E-state index in [1.54, 1.807) is 0 Å². The van der Waals surface area contributed by atoms with Crippen LogP contribution < -0.4 is 5.32 Å². The van der Waals surface area contributed by atoms with Crippen LogP contribution in [0, 0.1) is 5.41 Å². The Bertz CT molecular complexity index is 303. The number of hydrogen-bond donors (Lipinski definition) is 1. The number of nitrogens with one attached hydrogen (secondary N) is 1. The van der Waals surface area contributed by atoms with Crippen molar-refractivity contribution in [3.8, 4) is 0 Å². The third-order valence-electron chi connectivity index (χ3n) is 5.48. The molecule has 0 atom stereocenters. The minimum atomic E-state index is -4.06. The van der Waals surface area contributed by atoms with Gasteiger partial charge in [0.1, 0.15) is 5.54 Å². The zero-order valence-corrected chi connectivity index (χ0v) is 10.8. The Morgan fingerprint density at radius 2 is 1.39 bits per heavy atom. The van der Waals surface area contributed by atoms with Gasteiger partial charge >= 0.3 is 6.18 Å². The number of rotatable bonds is 2. The molecule has 0 bridgehead atoms. The van der Waals surface area contributed by atoms with Crippen LogP contribution in [0.2, 0.25) is 0 Å². The molecule has 0 unspecified atom stereocenters. The number of hydrogen-bond acceptors (Lipinski definition) is 1. The highest BCUT2D eigenvalue weighted by atomic mass is 19.4. The second-order valence-corrected chi connectivity index (χ2v) is 6.71. The van der Waals surface area contributed by atoms with E-state index in [0.717, 1.165) is 25.7 Å². The van der Waals surface area contributed by atoms with Gasteiger partial charge in [0.2, 0.25) is 0 Å². The number of halogens is 3. The van der Waals surface area contributed by atoms with Crippen LogP contribution in [0.3, 0.4) is 0 Å². The smallest absolute Gasteiger partial charge is 0.301 e. The molecule has 3 aliphatic carbocycles. The zero-order valence-electron chi connectivity index (χ0n) is 10.8. The Balaban J connectivity index is 1.55. The molecular formula is C14H22F3N. The van der Waals surface area contributed by atoms with E-state index >= 15 is 0 Å². The molecule has 18 heavy (non-hydrogen) atoms. The summed E-state index contributed by atoms with van der Waals surface area (Å²) in [5.41, 5.74) is -1.01. The van der Waals surface area contributed by atoms with Gasteiger partial charge in [-0.3, -0.25) is 0 Å². The summed E-state index contributed by atoms with van der Waals surface area (Å²) in [5, 5.41) is 2.93. The Morgan fingerprint density at radius 1 is 0.833 bits per heavy atom. The Labute approximate surface area is 107 Å². The summed E-state index contributed by atoms with van der Waals surface area (Å²) in [6.07, 6.45) is 5.92. The molecule has 0 saturated heterocycles. The summed E-state index contributed by atoms with van der Waals surface area (Å²) in [4.78, 5) is 0. The van der Waals surface area contributed by atoms with E-state index in [1.165, 1.54) is 25.7 Å². The van der Waals surface area contributed by atoms with Gasteiger partial charge in [-0.05, 0) is 56.8 Å². The van der Waals surface area contributed by atoms with Crippen LogP contribution in [-0.4, -0.2) is 17.8 Å². The van der Waals surface area contributed by atoms with Crippen LogP contribution >= 0.6 is 0 Å². The molecule has 0 aromatic rings. The van der Waals surface area contributed by atoms with E-state index in [1.807, 2.05) is 0 Å². The third-order valence-corrected chi connectivity index (χ3v) is 5.48. The lowest BCUT2D eigenvalue weighted by atomic mass is 9.71. The molecule has 0 amide bonds. The van der Waals surface area contributed by atoms with Gasteiger partial charge in [-0.2, -0.15) is 13.2 Å². The fourth-order valence-electron chi connectivity index (χ4n) is 4.02. The van der Waals surface area contributed by atoms with Gasteiger partial charge in [-0.1, -0.05) is 12.8 Å². The van der Waals surface area contributed by atoms with Crippen LogP contribution in [0.4, 0.5) is 13.2 Å². The normalized spacial score (nSPS) is 30.8. The minimum absolute atomic E-state index is 0.0975. The lowest BCUT2D eigenvalue weighted by Crippen LogP contribution is -2.51. The van der Waals surface area contributed by atoms with Crippen molar-refractivity contribution < 1.29 is 13.2 Å². The first-order valence-electron chi connectivity index (χ1n) is 7.29. The first kappa shape index (κ1) is 12.8. The molecule has 0 aromatic carbocycles. The minimum Gasteiger partial charge on any atom is -0.301 e. The molecule has 0 heterocycles. The molecule has 3 aliphatic rings. The lowest BCUT2D eigenvalue weighted by molar-refractivity contribution is -0.168. The second-order valence-electron chi connectivity index (χ2n) is 6.71. The average molecular weight is 261 g/mol. The van der Waals surface area contributed by atoms with Gasteiger partial charge in [0, 0.05) is 6.04 Å². The first-order valence-corrected chi connectivity index (χ1v) is 7.29. The first-order chi connectivity index (χ1) is 8.45. The van der Waals surface area contributed by atoms with Gasteiger partial charge in [0.05, 0.1) is 0 Å². The molecule has 0 aliphatic heterocycles. The molecule has 3 saturated carbocycles. The lowest BCUT2D eigenvalue weighted by Gasteiger charge is -2.39. The van der Waals surface area contributed by atoms with E-state index in [2.05, 4.69) is 5.32 Å². The fraction of sp³-hybridized carbons (Fsp3) is 1.00. The van der Waals surface area contributed by atoms with Crippen LogP contribution in [0.1, 0.15) is 64.2 Å². The topological polar surface area (TPSA) is 12.0 Å². The predicted octanol–water partition coefficient (Wildman–Crippen LogP) is 4.17. The van der Waals surface area contributed by atoms with Crippen molar-refractivity contribution in [2.24, 2.45) is 5.41 Å². The largest absolute Gasteiger partial charge is 0.406 e. The van der Waals surface area contributed by atoms with Crippen molar-refractivity contribution in [3.05, 3.63) is 0 Å².